The fraction of sp³-hybridized carbons (Fsp3) is 0.250. The van der Waals surface area contributed by atoms with E-state index in [2.05, 4.69) is 45.4 Å². The minimum absolute atomic E-state index is 0.316. The number of benzene rings is 2. The van der Waals surface area contributed by atoms with Crippen molar-refractivity contribution in [2.24, 2.45) is 0 Å². The first-order valence-corrected chi connectivity index (χ1v) is 8.60. The van der Waals surface area contributed by atoms with Crippen LogP contribution in [0.1, 0.15) is 16.8 Å². The van der Waals surface area contributed by atoms with Crippen molar-refractivity contribution in [1.82, 2.24) is 15.1 Å². The maximum atomic E-state index is 5.65. The quantitative estimate of drug-likeness (QED) is 0.798. The number of fused-ring (bicyclic) bond motifs is 2. The zero-order chi connectivity index (χ0) is 16.6. The fourth-order valence-electron chi connectivity index (χ4n) is 3.68. The Morgan fingerprint density at radius 1 is 1.04 bits per heavy atom. The third-order valence-corrected chi connectivity index (χ3v) is 4.93. The molecular formula is C20H19N3O2. The second-order valence-electron chi connectivity index (χ2n) is 6.51. The molecule has 0 radical (unpaired) electrons. The molecule has 2 aromatic carbocycles. The van der Waals surface area contributed by atoms with E-state index in [1.54, 1.807) is 0 Å². The molecule has 0 fully saturated rings. The number of rotatable bonds is 3. The summed E-state index contributed by atoms with van der Waals surface area (Å²) in [6.45, 7) is 3.07. The highest BCUT2D eigenvalue weighted by atomic mass is 16.7. The van der Waals surface area contributed by atoms with Crippen LogP contribution in [0, 0.1) is 0 Å². The molecule has 0 spiro atoms. The normalized spacial score (nSPS) is 16.0. The average Bonchev–Trinajstić information content (AvgIpc) is 3.29. The van der Waals surface area contributed by atoms with Crippen LogP contribution in [0.25, 0.3) is 11.3 Å². The zero-order valence-electron chi connectivity index (χ0n) is 13.9. The molecule has 5 rings (SSSR count). The van der Waals surface area contributed by atoms with Crippen LogP contribution in [-0.2, 0) is 19.5 Å². The van der Waals surface area contributed by atoms with E-state index in [1.165, 1.54) is 22.4 Å². The highest BCUT2D eigenvalue weighted by molar-refractivity contribution is 5.64. The zero-order valence-corrected chi connectivity index (χ0v) is 13.9. The van der Waals surface area contributed by atoms with Crippen molar-refractivity contribution in [3.8, 4) is 22.8 Å². The summed E-state index contributed by atoms with van der Waals surface area (Å²) in [7, 11) is 0. The summed E-state index contributed by atoms with van der Waals surface area (Å²) in [5.74, 6) is 1.74. The summed E-state index contributed by atoms with van der Waals surface area (Å²) in [6, 6.07) is 16.5. The lowest BCUT2D eigenvalue weighted by Crippen LogP contribution is -2.30. The maximum Gasteiger partial charge on any atom is 0.231 e. The summed E-state index contributed by atoms with van der Waals surface area (Å²) < 4.78 is 11.1. The van der Waals surface area contributed by atoms with Gasteiger partial charge in [0.15, 0.2) is 11.5 Å². The van der Waals surface area contributed by atoms with E-state index in [0.717, 1.165) is 43.2 Å². The third-order valence-electron chi connectivity index (χ3n) is 4.93. The molecule has 5 nitrogen and oxygen atoms in total. The number of aromatic nitrogens is 2. The van der Waals surface area contributed by atoms with Crippen LogP contribution in [0.15, 0.2) is 48.5 Å². The van der Waals surface area contributed by atoms with Gasteiger partial charge in [-0.2, -0.15) is 5.10 Å². The predicted molar refractivity (Wildman–Crippen MR) is 94.4 cm³/mol. The molecule has 126 valence electrons. The highest BCUT2D eigenvalue weighted by Gasteiger charge is 2.25. The minimum atomic E-state index is 0.316. The summed E-state index contributed by atoms with van der Waals surface area (Å²) in [4.78, 5) is 2.45. The Balaban J connectivity index is 1.42. The van der Waals surface area contributed by atoms with Gasteiger partial charge in [0, 0.05) is 48.4 Å². The van der Waals surface area contributed by atoms with Gasteiger partial charge < -0.3 is 9.47 Å². The van der Waals surface area contributed by atoms with Gasteiger partial charge in [-0.1, -0.05) is 42.5 Å². The molecule has 0 aliphatic carbocycles. The van der Waals surface area contributed by atoms with Crippen molar-refractivity contribution < 1.29 is 9.47 Å². The molecule has 0 atom stereocenters. The molecule has 1 N–H and O–H groups in total. The molecule has 25 heavy (non-hydrogen) atoms. The van der Waals surface area contributed by atoms with Crippen molar-refractivity contribution in [2.75, 3.05) is 13.3 Å². The Bertz CT molecular complexity index is 905. The van der Waals surface area contributed by atoms with Crippen LogP contribution in [0.2, 0.25) is 0 Å². The van der Waals surface area contributed by atoms with Crippen molar-refractivity contribution in [3.05, 3.63) is 65.4 Å². The Kier molecular flexibility index (Phi) is 3.45. The maximum absolute atomic E-state index is 5.65. The van der Waals surface area contributed by atoms with Gasteiger partial charge in [-0.15, -0.1) is 0 Å². The van der Waals surface area contributed by atoms with Crippen LogP contribution in [0.5, 0.6) is 11.5 Å². The largest absolute Gasteiger partial charge is 0.454 e. The van der Waals surface area contributed by atoms with Crippen LogP contribution in [-0.4, -0.2) is 28.4 Å². The molecule has 0 saturated heterocycles. The lowest BCUT2D eigenvalue weighted by atomic mass is 10.0. The summed E-state index contributed by atoms with van der Waals surface area (Å²) in [5.41, 5.74) is 5.98. The Morgan fingerprint density at radius 2 is 1.96 bits per heavy atom. The lowest BCUT2D eigenvalue weighted by Gasteiger charge is -2.27. The van der Waals surface area contributed by atoms with E-state index >= 15 is 0 Å². The van der Waals surface area contributed by atoms with Gasteiger partial charge in [-0.3, -0.25) is 10.00 Å². The SMILES string of the molecule is c1ccc(-c2n[nH]c3c2CN(Cc2cccc4c2OCO4)CC3)cc1. The first-order chi connectivity index (χ1) is 12.4. The van der Waals surface area contributed by atoms with Gasteiger partial charge in [-0.05, 0) is 6.07 Å². The fourth-order valence-corrected chi connectivity index (χ4v) is 3.68. The summed E-state index contributed by atoms with van der Waals surface area (Å²) in [5, 5.41) is 7.80. The summed E-state index contributed by atoms with van der Waals surface area (Å²) >= 11 is 0. The molecule has 0 amide bonds. The minimum Gasteiger partial charge on any atom is -0.454 e. The van der Waals surface area contributed by atoms with Gasteiger partial charge in [0.25, 0.3) is 0 Å². The highest BCUT2D eigenvalue weighted by Crippen LogP contribution is 2.37. The number of nitrogens with one attached hydrogen (secondary N) is 1. The van der Waals surface area contributed by atoms with Crippen LogP contribution in [0.3, 0.4) is 0 Å². The van der Waals surface area contributed by atoms with Gasteiger partial charge in [-0.25, -0.2) is 0 Å². The van der Waals surface area contributed by atoms with Gasteiger partial charge in [0.05, 0.1) is 5.69 Å². The number of aromatic amines is 1. The molecule has 0 bridgehead atoms. The van der Waals surface area contributed by atoms with Crippen molar-refractivity contribution in [1.29, 1.82) is 0 Å². The lowest BCUT2D eigenvalue weighted by molar-refractivity contribution is 0.171. The molecule has 5 heteroatoms. The van der Waals surface area contributed by atoms with E-state index < -0.39 is 0 Å². The first-order valence-electron chi connectivity index (χ1n) is 8.60. The number of hydrogen-bond donors (Lipinski definition) is 1. The van der Waals surface area contributed by atoms with E-state index in [1.807, 2.05) is 18.2 Å². The van der Waals surface area contributed by atoms with Crippen LogP contribution in [0.4, 0.5) is 0 Å². The molecule has 0 unspecified atom stereocenters. The van der Waals surface area contributed by atoms with Crippen LogP contribution >= 0.6 is 0 Å². The molecule has 2 aliphatic heterocycles. The Labute approximate surface area is 146 Å². The third kappa shape index (κ3) is 2.57. The van der Waals surface area contributed by atoms with Gasteiger partial charge >= 0.3 is 0 Å². The number of hydrogen-bond acceptors (Lipinski definition) is 4. The Hall–Kier alpha value is -2.79. The first kappa shape index (κ1) is 14.5. The smallest absolute Gasteiger partial charge is 0.231 e. The number of ether oxygens (including phenoxy) is 2. The molecule has 3 aromatic rings. The van der Waals surface area contributed by atoms with E-state index in [9.17, 15) is 0 Å². The van der Waals surface area contributed by atoms with Gasteiger partial charge in [0.2, 0.25) is 6.79 Å². The molecule has 0 saturated carbocycles. The average molecular weight is 333 g/mol. The standard InChI is InChI=1S/C20H19N3O2/c1-2-5-14(6-3-1)19-16-12-23(10-9-17(16)21-22-19)11-15-7-4-8-18-20(15)25-13-24-18/h1-8H,9-13H2,(H,21,22). The van der Waals surface area contributed by atoms with Gasteiger partial charge in [0.1, 0.15) is 0 Å². The predicted octanol–water partition coefficient (Wildman–Crippen LogP) is 3.36. The second-order valence-corrected chi connectivity index (χ2v) is 6.51. The molecule has 3 heterocycles. The summed E-state index contributed by atoms with van der Waals surface area (Å²) in [6.07, 6.45) is 0.988. The topological polar surface area (TPSA) is 50.4 Å². The Morgan fingerprint density at radius 3 is 2.88 bits per heavy atom. The van der Waals surface area contributed by atoms with Crippen molar-refractivity contribution >= 4 is 0 Å². The van der Waals surface area contributed by atoms with Crippen molar-refractivity contribution in [2.45, 2.75) is 19.5 Å². The molecule has 2 aliphatic rings. The molecular weight excluding hydrogens is 314 g/mol. The number of nitrogens with zero attached hydrogens (tertiary/aromatic N) is 2. The number of para-hydroxylation sites is 1. The van der Waals surface area contributed by atoms with E-state index in [-0.39, 0.29) is 0 Å². The number of H-pyrrole nitrogens is 1. The second kappa shape index (κ2) is 5.93. The van der Waals surface area contributed by atoms with E-state index in [4.69, 9.17) is 9.47 Å². The van der Waals surface area contributed by atoms with E-state index in [0.29, 0.717) is 6.79 Å². The van der Waals surface area contributed by atoms with Crippen LogP contribution < -0.4 is 9.47 Å². The monoisotopic (exact) mass is 333 g/mol. The molecule has 1 aromatic heterocycles. The van der Waals surface area contributed by atoms with Crippen molar-refractivity contribution in [3.63, 3.8) is 0 Å².